The molecule has 0 atom stereocenters. The minimum Gasteiger partial charge on any atom is -0.367 e. The Morgan fingerprint density at radius 3 is 1.94 bits per heavy atom. The highest BCUT2D eigenvalue weighted by Crippen LogP contribution is 2.10. The van der Waals surface area contributed by atoms with Crippen LogP contribution >= 0.6 is 0 Å². The molecule has 3 heteroatoms. The fourth-order valence-corrected chi connectivity index (χ4v) is 1.72. The number of carbonyl (C=O) groups excluding carboxylic acids is 1. The first kappa shape index (κ1) is 16.0. The Hall–Kier alpha value is -0.990. The van der Waals surface area contributed by atoms with Gasteiger partial charge in [-0.15, -0.1) is 0 Å². The van der Waals surface area contributed by atoms with E-state index in [2.05, 4.69) is 25.7 Å². The third-order valence-corrected chi connectivity index (χ3v) is 2.78. The van der Waals surface area contributed by atoms with Crippen molar-refractivity contribution < 1.29 is 4.79 Å². The van der Waals surface area contributed by atoms with E-state index >= 15 is 0 Å². The molecule has 0 saturated heterocycles. The van der Waals surface area contributed by atoms with Gasteiger partial charge in [0.1, 0.15) is 0 Å². The summed E-state index contributed by atoms with van der Waals surface area (Å²) in [6.07, 6.45) is 8.47. The summed E-state index contributed by atoms with van der Waals surface area (Å²) in [5, 5.41) is 0. The molecule has 3 nitrogen and oxygen atoms in total. The molecule has 0 spiro atoms. The second-order valence-electron chi connectivity index (χ2n) is 4.44. The molecule has 0 radical (unpaired) electrons. The zero-order chi connectivity index (χ0) is 13.1. The average Bonchev–Trinajstić information content (AvgIpc) is 2.31. The van der Waals surface area contributed by atoms with Crippen molar-refractivity contribution in [1.29, 1.82) is 0 Å². The van der Waals surface area contributed by atoms with Crippen LogP contribution in [0.3, 0.4) is 0 Å². The minimum absolute atomic E-state index is 0.286. The average molecular weight is 240 g/mol. The van der Waals surface area contributed by atoms with Crippen LogP contribution in [0.2, 0.25) is 0 Å². The van der Waals surface area contributed by atoms with E-state index in [1.165, 1.54) is 0 Å². The number of carbonyl (C=O) groups is 1. The lowest BCUT2D eigenvalue weighted by Gasteiger charge is -2.25. The molecule has 0 aromatic carbocycles. The van der Waals surface area contributed by atoms with Crippen LogP contribution in [-0.2, 0) is 4.79 Å². The summed E-state index contributed by atoms with van der Waals surface area (Å²) in [5.74, 6) is -0.286. The lowest BCUT2D eigenvalue weighted by molar-refractivity contribution is -0.116. The zero-order valence-electron chi connectivity index (χ0n) is 11.7. The molecular formula is C14H28N2O. The van der Waals surface area contributed by atoms with E-state index in [9.17, 15) is 4.79 Å². The molecule has 0 aliphatic carbocycles. The Bertz CT molecular complexity index is 228. The van der Waals surface area contributed by atoms with E-state index in [0.29, 0.717) is 5.70 Å². The van der Waals surface area contributed by atoms with E-state index in [-0.39, 0.29) is 5.91 Å². The molecule has 0 aromatic rings. The molecule has 0 rings (SSSR count). The van der Waals surface area contributed by atoms with Crippen LogP contribution in [0.15, 0.2) is 11.8 Å². The topological polar surface area (TPSA) is 46.3 Å². The van der Waals surface area contributed by atoms with Crippen molar-refractivity contribution >= 4 is 5.91 Å². The SMILES string of the molecule is CCC/C=C(\C(N)=O)N(CCCC)CCCC. The van der Waals surface area contributed by atoms with Gasteiger partial charge in [-0.2, -0.15) is 0 Å². The molecule has 0 bridgehead atoms. The van der Waals surface area contributed by atoms with Gasteiger partial charge in [0.05, 0.1) is 5.70 Å². The third-order valence-electron chi connectivity index (χ3n) is 2.78. The highest BCUT2D eigenvalue weighted by molar-refractivity contribution is 5.91. The van der Waals surface area contributed by atoms with Crippen LogP contribution in [0.4, 0.5) is 0 Å². The van der Waals surface area contributed by atoms with Gasteiger partial charge in [-0.25, -0.2) is 0 Å². The van der Waals surface area contributed by atoms with Crippen molar-refractivity contribution in [3.8, 4) is 0 Å². The van der Waals surface area contributed by atoms with Gasteiger partial charge in [0.2, 0.25) is 0 Å². The molecule has 0 heterocycles. The van der Waals surface area contributed by atoms with Crippen molar-refractivity contribution in [3.05, 3.63) is 11.8 Å². The maximum Gasteiger partial charge on any atom is 0.264 e. The quantitative estimate of drug-likeness (QED) is 0.597. The molecule has 0 saturated carbocycles. The zero-order valence-corrected chi connectivity index (χ0v) is 11.7. The number of nitrogens with zero attached hydrogens (tertiary/aromatic N) is 1. The first-order valence-corrected chi connectivity index (χ1v) is 6.92. The van der Waals surface area contributed by atoms with Crippen molar-refractivity contribution in [2.45, 2.75) is 59.3 Å². The lowest BCUT2D eigenvalue weighted by Crippen LogP contribution is -2.33. The molecule has 100 valence electrons. The number of allylic oxidation sites excluding steroid dienone is 1. The standard InChI is InChI=1S/C14H28N2O/c1-4-7-10-13(14(15)17)16(11-8-5-2)12-9-6-3/h10H,4-9,11-12H2,1-3H3,(H2,15,17)/b13-10+. The molecule has 0 aliphatic rings. The molecule has 0 aromatic heterocycles. The Balaban J connectivity index is 4.60. The first-order chi connectivity index (χ1) is 8.17. The highest BCUT2D eigenvalue weighted by atomic mass is 16.1. The summed E-state index contributed by atoms with van der Waals surface area (Å²) < 4.78 is 0. The van der Waals surface area contributed by atoms with Gasteiger partial charge in [-0.3, -0.25) is 4.79 Å². The lowest BCUT2D eigenvalue weighted by atomic mass is 10.2. The fraction of sp³-hybridized carbons (Fsp3) is 0.786. The van der Waals surface area contributed by atoms with Crippen molar-refractivity contribution in [3.63, 3.8) is 0 Å². The third kappa shape index (κ3) is 7.03. The summed E-state index contributed by atoms with van der Waals surface area (Å²) in [4.78, 5) is 13.6. The van der Waals surface area contributed by atoms with Crippen molar-refractivity contribution in [2.75, 3.05) is 13.1 Å². The molecule has 1 amide bonds. The highest BCUT2D eigenvalue weighted by Gasteiger charge is 2.13. The summed E-state index contributed by atoms with van der Waals surface area (Å²) in [5.41, 5.74) is 6.19. The van der Waals surface area contributed by atoms with Crippen LogP contribution in [-0.4, -0.2) is 23.9 Å². The van der Waals surface area contributed by atoms with Gasteiger partial charge in [0.15, 0.2) is 0 Å². The summed E-state index contributed by atoms with van der Waals surface area (Å²) in [6, 6.07) is 0. The van der Waals surface area contributed by atoms with Crippen LogP contribution < -0.4 is 5.73 Å². The number of nitrogens with two attached hydrogens (primary N) is 1. The van der Waals surface area contributed by atoms with Crippen LogP contribution in [0.25, 0.3) is 0 Å². The number of unbranched alkanes of at least 4 members (excludes halogenated alkanes) is 3. The van der Waals surface area contributed by atoms with Crippen LogP contribution in [0.1, 0.15) is 59.3 Å². The van der Waals surface area contributed by atoms with Gasteiger partial charge < -0.3 is 10.6 Å². The Kier molecular flexibility index (Phi) is 9.59. The molecule has 2 N–H and O–H groups in total. The maximum atomic E-state index is 11.5. The maximum absolute atomic E-state index is 11.5. The van der Waals surface area contributed by atoms with E-state index in [1.54, 1.807) is 0 Å². The predicted octanol–water partition coefficient (Wildman–Crippen LogP) is 3.06. The van der Waals surface area contributed by atoms with Crippen molar-refractivity contribution in [1.82, 2.24) is 4.90 Å². The smallest absolute Gasteiger partial charge is 0.264 e. The molecule has 17 heavy (non-hydrogen) atoms. The van der Waals surface area contributed by atoms with Gasteiger partial charge >= 0.3 is 0 Å². The molecule has 0 unspecified atom stereocenters. The number of rotatable bonds is 10. The number of hydrogen-bond acceptors (Lipinski definition) is 2. The molecular weight excluding hydrogens is 212 g/mol. The number of amides is 1. The minimum atomic E-state index is -0.286. The van der Waals surface area contributed by atoms with E-state index in [4.69, 9.17) is 5.73 Å². The molecule has 0 aliphatic heterocycles. The molecule has 0 fully saturated rings. The summed E-state index contributed by atoms with van der Waals surface area (Å²) >= 11 is 0. The van der Waals surface area contributed by atoms with Crippen LogP contribution in [0, 0.1) is 0 Å². The van der Waals surface area contributed by atoms with E-state index < -0.39 is 0 Å². The van der Waals surface area contributed by atoms with Crippen LogP contribution in [0.5, 0.6) is 0 Å². The number of primary amides is 1. The Labute approximate surface area is 106 Å². The van der Waals surface area contributed by atoms with E-state index in [0.717, 1.165) is 51.6 Å². The summed E-state index contributed by atoms with van der Waals surface area (Å²) in [6.45, 7) is 8.32. The van der Waals surface area contributed by atoms with E-state index in [1.807, 2.05) is 6.08 Å². The van der Waals surface area contributed by atoms with Gasteiger partial charge in [0.25, 0.3) is 5.91 Å². The Morgan fingerprint density at radius 1 is 1.06 bits per heavy atom. The Morgan fingerprint density at radius 2 is 1.59 bits per heavy atom. The monoisotopic (exact) mass is 240 g/mol. The predicted molar refractivity (Wildman–Crippen MR) is 73.6 cm³/mol. The van der Waals surface area contributed by atoms with Gasteiger partial charge in [-0.1, -0.05) is 46.1 Å². The van der Waals surface area contributed by atoms with Crippen molar-refractivity contribution in [2.24, 2.45) is 5.73 Å². The summed E-state index contributed by atoms with van der Waals surface area (Å²) in [7, 11) is 0. The first-order valence-electron chi connectivity index (χ1n) is 6.92. The normalized spacial score (nSPS) is 11.6. The van der Waals surface area contributed by atoms with Gasteiger partial charge in [0, 0.05) is 13.1 Å². The van der Waals surface area contributed by atoms with Gasteiger partial charge in [-0.05, 0) is 19.3 Å². The largest absolute Gasteiger partial charge is 0.367 e. The number of hydrogen-bond donors (Lipinski definition) is 1. The second kappa shape index (κ2) is 10.2. The fourth-order valence-electron chi connectivity index (χ4n) is 1.72. The second-order valence-corrected chi connectivity index (χ2v) is 4.44.